The molecule has 2 heteroatoms. The van der Waals surface area contributed by atoms with E-state index in [-0.39, 0.29) is 0 Å². The fourth-order valence-corrected chi connectivity index (χ4v) is 7.40. The van der Waals surface area contributed by atoms with Crippen LogP contribution in [-0.4, -0.2) is 13.2 Å². The molecule has 4 aromatic rings. The predicted molar refractivity (Wildman–Crippen MR) is 216 cm³/mol. The average molecular weight is 679 g/mol. The van der Waals surface area contributed by atoms with Gasteiger partial charge in [-0.05, 0) is 148 Å². The van der Waals surface area contributed by atoms with Gasteiger partial charge in [0, 0.05) is 23.0 Å². The van der Waals surface area contributed by atoms with Crippen LogP contribution in [0, 0.1) is 47.4 Å². The third-order valence-corrected chi connectivity index (χ3v) is 10.6. The van der Waals surface area contributed by atoms with Gasteiger partial charge >= 0.3 is 0 Å². The lowest BCUT2D eigenvalue weighted by atomic mass is 9.80. The highest BCUT2D eigenvalue weighted by atomic mass is 16.5. The zero-order valence-corrected chi connectivity index (χ0v) is 31.6. The third kappa shape index (κ3) is 12.1. The number of hydrogen-bond donors (Lipinski definition) is 0. The molecule has 0 saturated heterocycles. The molecule has 2 aliphatic rings. The van der Waals surface area contributed by atoms with E-state index in [1.807, 2.05) is 38.1 Å². The van der Waals surface area contributed by atoms with Crippen LogP contribution in [0.4, 0.5) is 0 Å². The van der Waals surface area contributed by atoms with E-state index in [4.69, 9.17) is 9.47 Å². The van der Waals surface area contributed by atoms with Crippen LogP contribution in [0.5, 0.6) is 11.5 Å². The quantitative estimate of drug-likeness (QED) is 0.164. The van der Waals surface area contributed by atoms with Gasteiger partial charge in [-0.2, -0.15) is 0 Å². The molecule has 0 N–H and O–H groups in total. The highest BCUT2D eigenvalue weighted by Gasteiger charge is 2.19. The van der Waals surface area contributed by atoms with E-state index in [1.165, 1.54) is 92.9 Å². The standard InChI is InChI=1S/C25H30O.C24H28O/c1-3-5-20-6-8-21(9-7-20)10-11-22-12-14-23(15-13-22)24-16-18-25(19-17-24)26-4-2;1-3-19-5-7-20(8-6-19)9-10-21-11-13-22(14-12-21)23-15-17-24(18-16-23)25-4-2/h12-21H,3-9H2,1-2H3;11-20H,3-8H2,1-2H3. The maximum Gasteiger partial charge on any atom is 0.119 e. The Morgan fingerprint density at radius 3 is 1.14 bits per heavy atom. The van der Waals surface area contributed by atoms with E-state index in [2.05, 4.69) is 110 Å². The summed E-state index contributed by atoms with van der Waals surface area (Å²) < 4.78 is 11.0. The van der Waals surface area contributed by atoms with Gasteiger partial charge < -0.3 is 9.47 Å². The summed E-state index contributed by atoms with van der Waals surface area (Å²) >= 11 is 0. The minimum atomic E-state index is 0.591. The second-order valence-electron chi connectivity index (χ2n) is 14.2. The molecular formula is C49H58O2. The summed E-state index contributed by atoms with van der Waals surface area (Å²) in [6.07, 6.45) is 14.6. The molecule has 2 aliphatic carbocycles. The maximum absolute atomic E-state index is 5.51. The molecule has 2 nitrogen and oxygen atoms in total. The lowest BCUT2D eigenvalue weighted by molar-refractivity contribution is 0.300. The molecule has 6 rings (SSSR count). The molecule has 0 bridgehead atoms. The second-order valence-corrected chi connectivity index (χ2v) is 14.2. The zero-order valence-electron chi connectivity index (χ0n) is 31.6. The van der Waals surface area contributed by atoms with Gasteiger partial charge in [-0.1, -0.05) is 105 Å². The summed E-state index contributed by atoms with van der Waals surface area (Å²) in [6.45, 7) is 10.0. The van der Waals surface area contributed by atoms with Crippen LogP contribution in [0.25, 0.3) is 22.3 Å². The van der Waals surface area contributed by atoms with Crippen molar-refractivity contribution in [1.29, 1.82) is 0 Å². The van der Waals surface area contributed by atoms with Gasteiger partial charge in [0.15, 0.2) is 0 Å². The van der Waals surface area contributed by atoms with Gasteiger partial charge in [0.25, 0.3) is 0 Å². The van der Waals surface area contributed by atoms with Gasteiger partial charge in [0.1, 0.15) is 11.5 Å². The molecule has 2 saturated carbocycles. The Bertz CT molecular complexity index is 1690. The molecule has 0 radical (unpaired) electrons. The van der Waals surface area contributed by atoms with Gasteiger partial charge in [0.2, 0.25) is 0 Å². The summed E-state index contributed by atoms with van der Waals surface area (Å²) in [5, 5.41) is 0. The zero-order chi connectivity index (χ0) is 35.7. The Balaban J connectivity index is 0.000000198. The van der Waals surface area contributed by atoms with Gasteiger partial charge in [0.05, 0.1) is 13.2 Å². The van der Waals surface area contributed by atoms with Crippen molar-refractivity contribution in [3.63, 3.8) is 0 Å². The number of rotatable bonds is 9. The van der Waals surface area contributed by atoms with Crippen molar-refractivity contribution in [2.75, 3.05) is 13.2 Å². The summed E-state index contributed by atoms with van der Waals surface area (Å²) in [4.78, 5) is 0. The normalized spacial score (nSPS) is 19.6. The minimum Gasteiger partial charge on any atom is -0.494 e. The van der Waals surface area contributed by atoms with E-state index in [9.17, 15) is 0 Å². The molecule has 0 aromatic heterocycles. The van der Waals surface area contributed by atoms with Crippen LogP contribution in [0.1, 0.15) is 109 Å². The van der Waals surface area contributed by atoms with E-state index < -0.39 is 0 Å². The van der Waals surface area contributed by atoms with E-state index in [1.54, 1.807) is 0 Å². The lowest BCUT2D eigenvalue weighted by Gasteiger charge is -2.25. The van der Waals surface area contributed by atoms with E-state index >= 15 is 0 Å². The fraction of sp³-hybridized carbons (Fsp3) is 0.429. The van der Waals surface area contributed by atoms with Crippen LogP contribution < -0.4 is 9.47 Å². The molecule has 0 amide bonds. The van der Waals surface area contributed by atoms with Crippen molar-refractivity contribution in [2.45, 2.75) is 98.3 Å². The van der Waals surface area contributed by atoms with Gasteiger partial charge in [-0.15, -0.1) is 0 Å². The van der Waals surface area contributed by atoms with Crippen molar-refractivity contribution in [1.82, 2.24) is 0 Å². The first kappa shape index (κ1) is 37.8. The van der Waals surface area contributed by atoms with E-state index in [0.29, 0.717) is 25.0 Å². The van der Waals surface area contributed by atoms with Crippen LogP contribution >= 0.6 is 0 Å². The molecule has 2 fully saturated rings. The molecule has 266 valence electrons. The van der Waals surface area contributed by atoms with Gasteiger partial charge in [-0.3, -0.25) is 0 Å². The van der Waals surface area contributed by atoms with Crippen molar-refractivity contribution in [2.24, 2.45) is 23.7 Å². The largest absolute Gasteiger partial charge is 0.494 e. The average Bonchev–Trinajstić information content (AvgIpc) is 3.19. The van der Waals surface area contributed by atoms with Crippen molar-refractivity contribution < 1.29 is 9.47 Å². The first-order valence-electron chi connectivity index (χ1n) is 19.8. The monoisotopic (exact) mass is 678 g/mol. The minimum absolute atomic E-state index is 0.591. The molecule has 0 unspecified atom stereocenters. The van der Waals surface area contributed by atoms with E-state index in [0.717, 1.165) is 34.5 Å². The Morgan fingerprint density at radius 2 is 0.804 bits per heavy atom. The molecule has 0 aliphatic heterocycles. The van der Waals surface area contributed by atoms with Crippen LogP contribution in [0.15, 0.2) is 97.1 Å². The topological polar surface area (TPSA) is 18.5 Å². The highest BCUT2D eigenvalue weighted by molar-refractivity contribution is 5.66. The predicted octanol–water partition coefficient (Wildman–Crippen LogP) is 13.0. The van der Waals surface area contributed by atoms with Crippen molar-refractivity contribution in [3.05, 3.63) is 108 Å². The molecular weight excluding hydrogens is 621 g/mol. The second kappa shape index (κ2) is 20.4. The number of ether oxygens (including phenoxy) is 2. The molecule has 4 aromatic carbocycles. The SMILES string of the molecule is CCCC1CCC(C#Cc2ccc(-c3ccc(OCC)cc3)cc2)CC1.CCOc1ccc(-c2ccc(C#CC3CCC(CC)CC3)cc2)cc1. The Labute approximate surface area is 309 Å². The highest BCUT2D eigenvalue weighted by Crippen LogP contribution is 2.32. The molecule has 0 spiro atoms. The van der Waals surface area contributed by atoms with Crippen LogP contribution in [0.3, 0.4) is 0 Å². The summed E-state index contributed by atoms with van der Waals surface area (Å²) in [5.41, 5.74) is 7.10. The summed E-state index contributed by atoms with van der Waals surface area (Å²) in [7, 11) is 0. The lowest BCUT2D eigenvalue weighted by Crippen LogP contribution is -2.13. The molecule has 0 atom stereocenters. The Morgan fingerprint density at radius 1 is 0.451 bits per heavy atom. The summed E-state index contributed by atoms with van der Waals surface area (Å²) in [6, 6.07) is 33.8. The maximum atomic E-state index is 5.51. The first-order chi connectivity index (χ1) is 25.1. The molecule has 51 heavy (non-hydrogen) atoms. The third-order valence-electron chi connectivity index (χ3n) is 10.6. The van der Waals surface area contributed by atoms with Crippen LogP contribution in [-0.2, 0) is 0 Å². The Hall–Kier alpha value is -4.40. The van der Waals surface area contributed by atoms with Gasteiger partial charge in [-0.25, -0.2) is 0 Å². The van der Waals surface area contributed by atoms with Crippen LogP contribution in [0.2, 0.25) is 0 Å². The summed E-state index contributed by atoms with van der Waals surface area (Å²) in [5.74, 6) is 18.7. The van der Waals surface area contributed by atoms with Crippen molar-refractivity contribution in [3.8, 4) is 57.4 Å². The number of hydrogen-bond acceptors (Lipinski definition) is 2. The Kier molecular flexibility index (Phi) is 15.2. The number of benzene rings is 4. The van der Waals surface area contributed by atoms with Crippen molar-refractivity contribution >= 4 is 0 Å². The smallest absolute Gasteiger partial charge is 0.119 e. The molecule has 0 heterocycles. The first-order valence-corrected chi connectivity index (χ1v) is 19.8. The fourth-order valence-electron chi connectivity index (χ4n) is 7.40.